The molecule has 102 valence electrons. The van der Waals surface area contributed by atoms with Crippen molar-refractivity contribution in [2.24, 2.45) is 0 Å². The number of methoxy groups -OCH3 is 2. The fourth-order valence-corrected chi connectivity index (χ4v) is 1.88. The summed E-state index contributed by atoms with van der Waals surface area (Å²) in [7, 11) is 2.94. The molecule has 0 unspecified atom stereocenters. The number of halogens is 1. The van der Waals surface area contributed by atoms with E-state index in [-0.39, 0.29) is 12.1 Å². The molecule has 1 heterocycles. The lowest BCUT2D eigenvalue weighted by atomic mass is 10.1. The van der Waals surface area contributed by atoms with Crippen LogP contribution in [0.4, 0.5) is 4.39 Å². The summed E-state index contributed by atoms with van der Waals surface area (Å²) in [5.41, 5.74) is 0.200. The zero-order valence-corrected chi connectivity index (χ0v) is 10.5. The summed E-state index contributed by atoms with van der Waals surface area (Å²) >= 11 is 0. The van der Waals surface area contributed by atoms with Crippen molar-refractivity contribution in [3.8, 4) is 0 Å². The van der Waals surface area contributed by atoms with Crippen LogP contribution in [0.3, 0.4) is 0 Å². The lowest BCUT2D eigenvalue weighted by Gasteiger charge is -2.14. The summed E-state index contributed by atoms with van der Waals surface area (Å²) < 4.78 is 24.8. The molecule has 0 saturated heterocycles. The highest BCUT2D eigenvalue weighted by Gasteiger charge is 2.17. The van der Waals surface area contributed by atoms with Gasteiger partial charge in [0.25, 0.3) is 0 Å². The molecule has 19 heavy (non-hydrogen) atoms. The van der Waals surface area contributed by atoms with Crippen molar-refractivity contribution < 1.29 is 23.8 Å². The zero-order chi connectivity index (χ0) is 14.0. The van der Waals surface area contributed by atoms with Gasteiger partial charge in [-0.2, -0.15) is 5.10 Å². The van der Waals surface area contributed by atoms with Crippen molar-refractivity contribution in [3.63, 3.8) is 0 Å². The predicted molar refractivity (Wildman–Crippen MR) is 64.5 cm³/mol. The van der Waals surface area contributed by atoms with Gasteiger partial charge in [0, 0.05) is 19.6 Å². The Kier molecular flexibility index (Phi) is 3.77. The normalized spacial score (nSPS) is 11.4. The average Bonchev–Trinajstić information content (AvgIpc) is 2.77. The number of rotatable bonds is 5. The number of hydrogen-bond donors (Lipinski definition) is 1. The van der Waals surface area contributed by atoms with Gasteiger partial charge in [0.05, 0.1) is 23.8 Å². The van der Waals surface area contributed by atoms with Gasteiger partial charge < -0.3 is 14.6 Å². The molecule has 2 rings (SSSR count). The third-order valence-corrected chi connectivity index (χ3v) is 2.78. The van der Waals surface area contributed by atoms with Crippen molar-refractivity contribution in [1.82, 2.24) is 9.78 Å². The number of ether oxygens (including phenoxy) is 2. The van der Waals surface area contributed by atoms with Crippen LogP contribution in [-0.4, -0.2) is 41.4 Å². The standard InChI is InChI=1S/C12H13FN2O4/c1-18-10(19-2)6-15-11-7(5-14-15)3-8(13)4-9(11)12(16)17/h3-5,10H,6H2,1-2H3,(H,16,17). The summed E-state index contributed by atoms with van der Waals surface area (Å²) in [6.07, 6.45) is 0.850. The fourth-order valence-electron chi connectivity index (χ4n) is 1.88. The number of hydrogen-bond acceptors (Lipinski definition) is 4. The molecule has 0 radical (unpaired) electrons. The minimum atomic E-state index is -1.21. The van der Waals surface area contributed by atoms with Gasteiger partial charge in [-0.1, -0.05) is 0 Å². The summed E-state index contributed by atoms with van der Waals surface area (Å²) in [5, 5.41) is 13.6. The second-order valence-corrected chi connectivity index (χ2v) is 3.92. The van der Waals surface area contributed by atoms with Crippen LogP contribution in [0.25, 0.3) is 10.9 Å². The molecule has 1 aromatic carbocycles. The quantitative estimate of drug-likeness (QED) is 0.832. The smallest absolute Gasteiger partial charge is 0.338 e. The van der Waals surface area contributed by atoms with Crippen LogP contribution < -0.4 is 0 Å². The van der Waals surface area contributed by atoms with E-state index in [9.17, 15) is 9.18 Å². The van der Waals surface area contributed by atoms with Gasteiger partial charge in [0.15, 0.2) is 6.29 Å². The number of carbonyl (C=O) groups is 1. The zero-order valence-electron chi connectivity index (χ0n) is 10.5. The van der Waals surface area contributed by atoms with E-state index in [0.29, 0.717) is 10.9 Å². The van der Waals surface area contributed by atoms with Crippen LogP contribution in [0.15, 0.2) is 18.3 Å². The molecule has 0 aliphatic heterocycles. The molecule has 0 bridgehead atoms. The van der Waals surface area contributed by atoms with E-state index in [2.05, 4.69) is 5.10 Å². The van der Waals surface area contributed by atoms with E-state index in [0.717, 1.165) is 6.07 Å². The number of carboxylic acid groups (broad SMARTS) is 1. The SMILES string of the molecule is COC(Cn1ncc2cc(F)cc(C(=O)O)c21)OC. The topological polar surface area (TPSA) is 73.6 Å². The summed E-state index contributed by atoms with van der Waals surface area (Å²) in [6.45, 7) is 0.211. The van der Waals surface area contributed by atoms with E-state index in [1.165, 1.54) is 31.2 Å². The van der Waals surface area contributed by atoms with E-state index >= 15 is 0 Å². The molecular formula is C12H13FN2O4. The number of aromatic nitrogens is 2. The van der Waals surface area contributed by atoms with Crippen molar-refractivity contribution in [2.45, 2.75) is 12.8 Å². The first kappa shape index (κ1) is 13.4. The third kappa shape index (κ3) is 2.56. The van der Waals surface area contributed by atoms with Crippen molar-refractivity contribution in [3.05, 3.63) is 29.7 Å². The van der Waals surface area contributed by atoms with E-state index in [1.807, 2.05) is 0 Å². The number of fused-ring (bicyclic) bond motifs is 1. The Hall–Kier alpha value is -1.99. The van der Waals surface area contributed by atoms with Crippen molar-refractivity contribution in [1.29, 1.82) is 0 Å². The molecule has 0 saturated carbocycles. The summed E-state index contributed by atoms with van der Waals surface area (Å²) in [4.78, 5) is 11.2. The summed E-state index contributed by atoms with van der Waals surface area (Å²) in [5.74, 6) is -1.82. The van der Waals surface area contributed by atoms with Crippen LogP contribution in [0, 0.1) is 5.82 Å². The minimum absolute atomic E-state index is 0.140. The van der Waals surface area contributed by atoms with Crippen LogP contribution in [-0.2, 0) is 16.0 Å². The molecule has 0 fully saturated rings. The first-order valence-corrected chi connectivity index (χ1v) is 5.50. The highest BCUT2D eigenvalue weighted by atomic mass is 19.1. The lowest BCUT2D eigenvalue weighted by molar-refractivity contribution is -0.111. The first-order valence-electron chi connectivity index (χ1n) is 5.50. The van der Waals surface area contributed by atoms with Gasteiger partial charge in [-0.25, -0.2) is 9.18 Å². The Morgan fingerprint density at radius 2 is 2.16 bits per heavy atom. The van der Waals surface area contributed by atoms with E-state index < -0.39 is 18.1 Å². The predicted octanol–water partition coefficient (Wildman–Crippen LogP) is 1.49. The van der Waals surface area contributed by atoms with Gasteiger partial charge in [-0.15, -0.1) is 0 Å². The minimum Gasteiger partial charge on any atom is -0.478 e. The molecule has 7 heteroatoms. The Morgan fingerprint density at radius 1 is 1.47 bits per heavy atom. The number of nitrogens with zero attached hydrogens (tertiary/aromatic N) is 2. The van der Waals surface area contributed by atoms with E-state index in [4.69, 9.17) is 14.6 Å². The Morgan fingerprint density at radius 3 is 2.74 bits per heavy atom. The monoisotopic (exact) mass is 268 g/mol. The molecule has 0 aliphatic carbocycles. The molecule has 2 aromatic rings. The summed E-state index contributed by atoms with van der Waals surface area (Å²) in [6, 6.07) is 2.21. The Balaban J connectivity index is 2.54. The maximum atomic E-state index is 13.3. The molecule has 0 aliphatic rings. The molecular weight excluding hydrogens is 255 g/mol. The first-order chi connectivity index (χ1) is 9.06. The second kappa shape index (κ2) is 5.33. The third-order valence-electron chi connectivity index (χ3n) is 2.78. The maximum Gasteiger partial charge on any atom is 0.338 e. The van der Waals surface area contributed by atoms with Crippen LogP contribution >= 0.6 is 0 Å². The van der Waals surface area contributed by atoms with Crippen LogP contribution in [0.5, 0.6) is 0 Å². The van der Waals surface area contributed by atoms with E-state index in [1.54, 1.807) is 0 Å². The van der Waals surface area contributed by atoms with Gasteiger partial charge in [0.1, 0.15) is 5.82 Å². The maximum absolute atomic E-state index is 13.3. The Labute approximate surface area is 108 Å². The van der Waals surface area contributed by atoms with Gasteiger partial charge in [-0.05, 0) is 12.1 Å². The van der Waals surface area contributed by atoms with Crippen molar-refractivity contribution >= 4 is 16.9 Å². The number of aromatic carboxylic acids is 1. The van der Waals surface area contributed by atoms with Crippen LogP contribution in [0.2, 0.25) is 0 Å². The Bertz CT molecular complexity index is 607. The average molecular weight is 268 g/mol. The highest BCUT2D eigenvalue weighted by Crippen LogP contribution is 2.21. The lowest BCUT2D eigenvalue weighted by Crippen LogP contribution is -2.21. The second-order valence-electron chi connectivity index (χ2n) is 3.92. The molecule has 1 aromatic heterocycles. The van der Waals surface area contributed by atoms with Crippen molar-refractivity contribution in [2.75, 3.05) is 14.2 Å². The molecule has 1 N–H and O–H groups in total. The fraction of sp³-hybridized carbons (Fsp3) is 0.333. The van der Waals surface area contributed by atoms with Gasteiger partial charge in [0.2, 0.25) is 0 Å². The van der Waals surface area contributed by atoms with Gasteiger partial charge >= 0.3 is 5.97 Å². The highest BCUT2D eigenvalue weighted by molar-refractivity contribution is 6.01. The van der Waals surface area contributed by atoms with Gasteiger partial charge in [-0.3, -0.25) is 4.68 Å². The number of benzene rings is 1. The van der Waals surface area contributed by atoms with Crippen LogP contribution in [0.1, 0.15) is 10.4 Å². The number of carboxylic acids is 1. The molecule has 0 spiro atoms. The largest absolute Gasteiger partial charge is 0.478 e. The molecule has 0 atom stereocenters. The molecule has 6 nitrogen and oxygen atoms in total. The molecule has 0 amide bonds.